The molecule has 0 aromatic carbocycles. The summed E-state index contributed by atoms with van der Waals surface area (Å²) in [5.74, 6) is -0.0233. The van der Waals surface area contributed by atoms with Gasteiger partial charge >= 0.3 is 0 Å². The van der Waals surface area contributed by atoms with Gasteiger partial charge in [-0.15, -0.1) is 0 Å². The maximum Gasteiger partial charge on any atom is 0.272 e. The maximum absolute atomic E-state index is 13.0. The number of hydrogen-bond donors (Lipinski definition) is 0. The first kappa shape index (κ1) is 17.6. The second-order valence-electron chi connectivity index (χ2n) is 6.79. The number of carbonyl (C=O) groups excluding carboxylic acids is 2. The number of aromatic nitrogens is 2. The van der Waals surface area contributed by atoms with Crippen LogP contribution in [-0.2, 0) is 4.74 Å². The Morgan fingerprint density at radius 1 is 0.926 bits per heavy atom. The zero-order chi connectivity index (χ0) is 18.6. The van der Waals surface area contributed by atoms with Crippen molar-refractivity contribution in [2.45, 2.75) is 12.3 Å². The van der Waals surface area contributed by atoms with Crippen LogP contribution in [0.2, 0.25) is 0 Å². The van der Waals surface area contributed by atoms with E-state index in [1.807, 2.05) is 17.0 Å². The number of ether oxygens (including phenoxy) is 1. The van der Waals surface area contributed by atoms with Crippen LogP contribution in [0.3, 0.4) is 0 Å². The molecule has 0 N–H and O–H groups in total. The Balaban J connectivity index is 1.51. The molecule has 2 aromatic rings. The summed E-state index contributed by atoms with van der Waals surface area (Å²) < 4.78 is 5.34. The van der Waals surface area contributed by atoms with Gasteiger partial charge in [0, 0.05) is 44.5 Å². The molecule has 2 saturated heterocycles. The van der Waals surface area contributed by atoms with Crippen molar-refractivity contribution in [2.24, 2.45) is 0 Å². The monoisotopic (exact) mass is 366 g/mol. The Morgan fingerprint density at radius 2 is 1.74 bits per heavy atom. The van der Waals surface area contributed by atoms with Gasteiger partial charge in [0.1, 0.15) is 5.69 Å². The van der Waals surface area contributed by atoms with Gasteiger partial charge in [0.25, 0.3) is 11.8 Å². The predicted octanol–water partition coefficient (Wildman–Crippen LogP) is 1.58. The van der Waals surface area contributed by atoms with Crippen LogP contribution >= 0.6 is 0 Å². The zero-order valence-corrected chi connectivity index (χ0v) is 15.1. The van der Waals surface area contributed by atoms with Crippen molar-refractivity contribution in [3.8, 4) is 0 Å². The van der Waals surface area contributed by atoms with Gasteiger partial charge in [-0.05, 0) is 30.7 Å². The van der Waals surface area contributed by atoms with Gasteiger partial charge < -0.3 is 14.5 Å². The van der Waals surface area contributed by atoms with Crippen molar-refractivity contribution in [2.75, 3.05) is 39.4 Å². The van der Waals surface area contributed by atoms with Crippen LogP contribution in [0.25, 0.3) is 0 Å². The lowest BCUT2D eigenvalue weighted by Crippen LogP contribution is -2.41. The summed E-state index contributed by atoms with van der Waals surface area (Å²) in [6.07, 6.45) is 4.13. The van der Waals surface area contributed by atoms with Crippen LogP contribution in [0.5, 0.6) is 0 Å². The average molecular weight is 366 g/mol. The summed E-state index contributed by atoms with van der Waals surface area (Å²) in [4.78, 5) is 37.9. The third-order valence-electron chi connectivity index (χ3n) is 5.11. The van der Waals surface area contributed by atoms with Crippen LogP contribution in [0.15, 0.2) is 42.7 Å². The SMILES string of the molecule is O=C(c1ccccn1)N1CC[C@H](c2ncccc2C(=O)N2CCOCC2)C1. The van der Waals surface area contributed by atoms with E-state index in [4.69, 9.17) is 4.74 Å². The predicted molar refractivity (Wildman–Crippen MR) is 98.5 cm³/mol. The molecule has 2 amide bonds. The normalized spacial score (nSPS) is 19.9. The Bertz CT molecular complexity index is 821. The van der Waals surface area contributed by atoms with E-state index >= 15 is 0 Å². The summed E-state index contributed by atoms with van der Waals surface area (Å²) in [6, 6.07) is 8.96. The smallest absolute Gasteiger partial charge is 0.272 e. The first-order valence-corrected chi connectivity index (χ1v) is 9.26. The molecule has 0 aliphatic carbocycles. The highest BCUT2D eigenvalue weighted by molar-refractivity contribution is 5.96. The molecule has 0 saturated carbocycles. The summed E-state index contributed by atoms with van der Waals surface area (Å²) in [5, 5.41) is 0. The fraction of sp³-hybridized carbons (Fsp3) is 0.400. The minimum atomic E-state index is -0.0740. The molecule has 0 radical (unpaired) electrons. The fourth-order valence-electron chi connectivity index (χ4n) is 3.68. The lowest BCUT2D eigenvalue weighted by molar-refractivity contribution is 0.0301. The highest BCUT2D eigenvalue weighted by atomic mass is 16.5. The molecule has 2 aliphatic rings. The van der Waals surface area contributed by atoms with E-state index in [9.17, 15) is 9.59 Å². The number of nitrogens with zero attached hydrogens (tertiary/aromatic N) is 4. The molecule has 1 atom stereocenters. The molecule has 4 heterocycles. The quantitative estimate of drug-likeness (QED) is 0.824. The fourth-order valence-corrected chi connectivity index (χ4v) is 3.68. The van der Waals surface area contributed by atoms with E-state index < -0.39 is 0 Å². The first-order valence-electron chi connectivity index (χ1n) is 9.26. The van der Waals surface area contributed by atoms with Crippen LogP contribution in [0, 0.1) is 0 Å². The van der Waals surface area contributed by atoms with E-state index in [1.165, 1.54) is 0 Å². The largest absolute Gasteiger partial charge is 0.378 e. The molecule has 2 fully saturated rings. The maximum atomic E-state index is 13.0. The first-order chi connectivity index (χ1) is 13.2. The van der Waals surface area contributed by atoms with Crippen molar-refractivity contribution in [3.63, 3.8) is 0 Å². The molecule has 0 spiro atoms. The van der Waals surface area contributed by atoms with Crippen LogP contribution < -0.4 is 0 Å². The van der Waals surface area contributed by atoms with Crippen molar-refractivity contribution in [3.05, 3.63) is 59.7 Å². The van der Waals surface area contributed by atoms with E-state index in [-0.39, 0.29) is 17.7 Å². The van der Waals surface area contributed by atoms with E-state index in [2.05, 4.69) is 9.97 Å². The molecule has 140 valence electrons. The van der Waals surface area contributed by atoms with Crippen molar-refractivity contribution in [1.82, 2.24) is 19.8 Å². The second kappa shape index (κ2) is 7.84. The third kappa shape index (κ3) is 3.68. The van der Waals surface area contributed by atoms with E-state index in [0.29, 0.717) is 50.7 Å². The van der Waals surface area contributed by atoms with Gasteiger partial charge in [-0.2, -0.15) is 0 Å². The Labute approximate surface area is 158 Å². The second-order valence-corrected chi connectivity index (χ2v) is 6.79. The van der Waals surface area contributed by atoms with E-state index in [0.717, 1.165) is 12.1 Å². The van der Waals surface area contributed by atoms with Gasteiger partial charge in [-0.25, -0.2) is 0 Å². The van der Waals surface area contributed by atoms with Crippen LogP contribution in [0.1, 0.15) is 38.9 Å². The Hall–Kier alpha value is -2.80. The molecule has 0 bridgehead atoms. The van der Waals surface area contributed by atoms with E-state index in [1.54, 1.807) is 35.5 Å². The van der Waals surface area contributed by atoms with Crippen molar-refractivity contribution >= 4 is 11.8 Å². The molecular formula is C20H22N4O3. The summed E-state index contributed by atoms with van der Waals surface area (Å²) in [6.45, 7) is 3.52. The highest BCUT2D eigenvalue weighted by Gasteiger charge is 2.32. The zero-order valence-electron chi connectivity index (χ0n) is 15.1. The Morgan fingerprint density at radius 3 is 2.52 bits per heavy atom. The molecule has 4 rings (SSSR count). The minimum Gasteiger partial charge on any atom is -0.378 e. The number of morpholine rings is 1. The minimum absolute atomic E-state index is 0.00379. The molecular weight excluding hydrogens is 344 g/mol. The van der Waals surface area contributed by atoms with Gasteiger partial charge in [0.05, 0.1) is 24.5 Å². The van der Waals surface area contributed by atoms with Crippen molar-refractivity contribution in [1.29, 1.82) is 0 Å². The summed E-state index contributed by atoms with van der Waals surface area (Å²) in [7, 11) is 0. The number of amides is 2. The van der Waals surface area contributed by atoms with Gasteiger partial charge in [0.15, 0.2) is 0 Å². The molecule has 0 unspecified atom stereocenters. The number of rotatable bonds is 3. The van der Waals surface area contributed by atoms with Gasteiger partial charge in [-0.3, -0.25) is 19.6 Å². The number of pyridine rings is 2. The molecule has 7 heteroatoms. The summed E-state index contributed by atoms with van der Waals surface area (Å²) >= 11 is 0. The third-order valence-corrected chi connectivity index (χ3v) is 5.11. The highest BCUT2D eigenvalue weighted by Crippen LogP contribution is 2.29. The molecule has 2 aromatic heterocycles. The lowest BCUT2D eigenvalue weighted by Gasteiger charge is -2.28. The lowest BCUT2D eigenvalue weighted by atomic mass is 9.98. The number of carbonyl (C=O) groups is 2. The standard InChI is InChI=1S/C20H22N4O3/c25-19(23-10-12-27-13-11-23)16-4-3-8-22-18(16)15-6-9-24(14-15)20(26)17-5-1-2-7-21-17/h1-5,7-8,15H,6,9-14H2/t15-/m0/s1. The molecule has 2 aliphatic heterocycles. The topological polar surface area (TPSA) is 75.6 Å². The molecule has 7 nitrogen and oxygen atoms in total. The van der Waals surface area contributed by atoms with Gasteiger partial charge in [0.2, 0.25) is 0 Å². The molecule has 27 heavy (non-hydrogen) atoms. The number of likely N-dealkylation sites (tertiary alicyclic amines) is 1. The average Bonchev–Trinajstić information content (AvgIpc) is 3.24. The summed E-state index contributed by atoms with van der Waals surface area (Å²) in [5.41, 5.74) is 1.87. The van der Waals surface area contributed by atoms with Crippen molar-refractivity contribution < 1.29 is 14.3 Å². The van der Waals surface area contributed by atoms with Crippen LogP contribution in [-0.4, -0.2) is 71.0 Å². The van der Waals surface area contributed by atoms with Crippen LogP contribution in [0.4, 0.5) is 0 Å². The van der Waals surface area contributed by atoms with Gasteiger partial charge in [-0.1, -0.05) is 6.07 Å². The Kier molecular flexibility index (Phi) is 5.11. The number of hydrogen-bond acceptors (Lipinski definition) is 5.